The van der Waals surface area contributed by atoms with Gasteiger partial charge in [-0.1, -0.05) is 18.2 Å². The van der Waals surface area contributed by atoms with E-state index in [4.69, 9.17) is 5.73 Å². The third kappa shape index (κ3) is 3.28. The van der Waals surface area contributed by atoms with E-state index in [-0.39, 0.29) is 5.91 Å². The van der Waals surface area contributed by atoms with Gasteiger partial charge in [-0.15, -0.1) is 0 Å². The molecule has 1 saturated carbocycles. The monoisotopic (exact) mass is 233 g/mol. The first-order chi connectivity index (χ1) is 8.20. The molecule has 92 valence electrons. The maximum absolute atomic E-state index is 11.8. The van der Waals surface area contributed by atoms with Crippen LogP contribution >= 0.6 is 0 Å². The van der Waals surface area contributed by atoms with E-state index in [2.05, 4.69) is 10.2 Å². The van der Waals surface area contributed by atoms with Gasteiger partial charge in [-0.05, 0) is 31.5 Å². The van der Waals surface area contributed by atoms with Gasteiger partial charge in [0.25, 0.3) is 0 Å². The summed E-state index contributed by atoms with van der Waals surface area (Å²) in [5, 5.41) is 2.91. The van der Waals surface area contributed by atoms with E-state index in [0.717, 1.165) is 11.3 Å². The molecule has 1 aliphatic carbocycles. The Labute approximate surface area is 102 Å². The first kappa shape index (κ1) is 12.1. The molecule has 1 amide bonds. The normalized spacial score (nSPS) is 15.0. The van der Waals surface area contributed by atoms with Crippen LogP contribution in [0.15, 0.2) is 24.3 Å². The lowest BCUT2D eigenvalue weighted by atomic mass is 10.2. The summed E-state index contributed by atoms with van der Waals surface area (Å²) in [5.41, 5.74) is 7.41. The maximum atomic E-state index is 11.8. The first-order valence-electron chi connectivity index (χ1n) is 5.98. The molecule has 0 bridgehead atoms. The number of carbonyl (C=O) groups excluding carboxylic acids is 1. The minimum atomic E-state index is 0.0281. The summed E-state index contributed by atoms with van der Waals surface area (Å²) >= 11 is 0. The standard InChI is InChI=1S/C13H19N3O/c1-16(11-6-7-11)9-13(17)15-12-5-3-2-4-10(12)8-14/h2-5,11H,6-9,14H2,1H3,(H,15,17). The fraction of sp³-hybridized carbons (Fsp3) is 0.462. The molecule has 3 N–H and O–H groups in total. The number of para-hydroxylation sites is 1. The molecule has 0 unspecified atom stereocenters. The zero-order valence-electron chi connectivity index (χ0n) is 10.1. The van der Waals surface area contributed by atoms with Crippen LogP contribution in [0.3, 0.4) is 0 Å². The van der Waals surface area contributed by atoms with Gasteiger partial charge in [0.1, 0.15) is 0 Å². The Morgan fingerprint density at radius 1 is 1.47 bits per heavy atom. The van der Waals surface area contributed by atoms with Crippen LogP contribution < -0.4 is 11.1 Å². The number of hydrogen-bond acceptors (Lipinski definition) is 3. The molecule has 1 aromatic carbocycles. The van der Waals surface area contributed by atoms with Crippen LogP contribution in [0.1, 0.15) is 18.4 Å². The van der Waals surface area contributed by atoms with Crippen LogP contribution in [-0.2, 0) is 11.3 Å². The molecule has 0 saturated heterocycles. The Morgan fingerprint density at radius 3 is 2.82 bits per heavy atom. The average molecular weight is 233 g/mol. The second kappa shape index (κ2) is 5.29. The number of rotatable bonds is 5. The topological polar surface area (TPSA) is 58.4 Å². The molecule has 1 aromatic rings. The summed E-state index contributed by atoms with van der Waals surface area (Å²) in [5.74, 6) is 0.0281. The molecule has 2 rings (SSSR count). The van der Waals surface area contributed by atoms with Crippen LogP contribution in [0.25, 0.3) is 0 Å². The molecule has 0 heterocycles. The molecule has 0 aliphatic heterocycles. The average Bonchev–Trinajstić information content (AvgIpc) is 3.13. The van der Waals surface area contributed by atoms with Gasteiger partial charge in [0.15, 0.2) is 0 Å². The highest BCUT2D eigenvalue weighted by atomic mass is 16.2. The first-order valence-corrected chi connectivity index (χ1v) is 5.98. The van der Waals surface area contributed by atoms with Crippen LogP contribution in [0.4, 0.5) is 5.69 Å². The Balaban J connectivity index is 1.92. The largest absolute Gasteiger partial charge is 0.326 e. The number of likely N-dealkylation sites (N-methyl/N-ethyl adjacent to an activating group) is 1. The fourth-order valence-electron chi connectivity index (χ4n) is 1.88. The van der Waals surface area contributed by atoms with E-state index in [0.29, 0.717) is 19.1 Å². The van der Waals surface area contributed by atoms with Gasteiger partial charge in [-0.3, -0.25) is 9.69 Å². The Hall–Kier alpha value is -1.39. The second-order valence-corrected chi connectivity index (χ2v) is 4.56. The van der Waals surface area contributed by atoms with E-state index in [9.17, 15) is 4.79 Å². The minimum Gasteiger partial charge on any atom is -0.326 e. The fourth-order valence-corrected chi connectivity index (χ4v) is 1.88. The Morgan fingerprint density at radius 2 is 2.18 bits per heavy atom. The number of nitrogens with zero attached hydrogens (tertiary/aromatic N) is 1. The Bertz CT molecular complexity index is 401. The SMILES string of the molecule is CN(CC(=O)Nc1ccccc1CN)C1CC1. The van der Waals surface area contributed by atoms with Gasteiger partial charge < -0.3 is 11.1 Å². The van der Waals surface area contributed by atoms with Gasteiger partial charge in [0, 0.05) is 18.3 Å². The van der Waals surface area contributed by atoms with Crippen LogP contribution in [-0.4, -0.2) is 30.4 Å². The summed E-state index contributed by atoms with van der Waals surface area (Å²) in [6.07, 6.45) is 2.42. The third-order valence-corrected chi connectivity index (χ3v) is 3.07. The summed E-state index contributed by atoms with van der Waals surface area (Å²) in [6.45, 7) is 0.887. The lowest BCUT2D eigenvalue weighted by Gasteiger charge is -2.16. The molecular weight excluding hydrogens is 214 g/mol. The number of nitrogens with one attached hydrogen (secondary N) is 1. The number of nitrogens with two attached hydrogens (primary N) is 1. The van der Waals surface area contributed by atoms with Crippen LogP contribution in [0.2, 0.25) is 0 Å². The molecule has 17 heavy (non-hydrogen) atoms. The molecular formula is C13H19N3O. The van der Waals surface area contributed by atoms with Crippen molar-refractivity contribution in [1.82, 2.24) is 4.90 Å². The summed E-state index contributed by atoms with van der Waals surface area (Å²) in [7, 11) is 1.99. The molecule has 0 atom stereocenters. The van der Waals surface area contributed by atoms with E-state index in [1.165, 1.54) is 12.8 Å². The number of hydrogen-bond donors (Lipinski definition) is 2. The molecule has 0 radical (unpaired) electrons. The van der Waals surface area contributed by atoms with Gasteiger partial charge >= 0.3 is 0 Å². The predicted octanol–water partition coefficient (Wildman–Crippen LogP) is 1.18. The zero-order chi connectivity index (χ0) is 12.3. The highest BCUT2D eigenvalue weighted by Gasteiger charge is 2.27. The van der Waals surface area contributed by atoms with Crippen LogP contribution in [0.5, 0.6) is 0 Å². The van der Waals surface area contributed by atoms with Gasteiger partial charge in [0.05, 0.1) is 6.54 Å². The predicted molar refractivity (Wildman–Crippen MR) is 68.6 cm³/mol. The van der Waals surface area contributed by atoms with Crippen molar-refractivity contribution >= 4 is 11.6 Å². The molecule has 1 fully saturated rings. The lowest BCUT2D eigenvalue weighted by molar-refractivity contribution is -0.117. The number of amides is 1. The summed E-state index contributed by atoms with van der Waals surface area (Å²) in [4.78, 5) is 13.9. The molecule has 4 nitrogen and oxygen atoms in total. The van der Waals surface area contributed by atoms with Crippen LogP contribution in [0, 0.1) is 0 Å². The smallest absolute Gasteiger partial charge is 0.238 e. The van der Waals surface area contributed by atoms with Crippen molar-refractivity contribution < 1.29 is 4.79 Å². The number of anilines is 1. The van der Waals surface area contributed by atoms with E-state index < -0.39 is 0 Å². The second-order valence-electron chi connectivity index (χ2n) is 4.56. The van der Waals surface area contributed by atoms with Gasteiger partial charge in [0.2, 0.25) is 5.91 Å². The van der Waals surface area contributed by atoms with Crippen molar-refractivity contribution in [3.63, 3.8) is 0 Å². The van der Waals surface area contributed by atoms with Crippen molar-refractivity contribution in [2.45, 2.75) is 25.4 Å². The summed E-state index contributed by atoms with van der Waals surface area (Å²) < 4.78 is 0. The van der Waals surface area contributed by atoms with Gasteiger partial charge in [-0.2, -0.15) is 0 Å². The van der Waals surface area contributed by atoms with E-state index in [1.54, 1.807) is 0 Å². The van der Waals surface area contributed by atoms with E-state index in [1.807, 2.05) is 31.3 Å². The van der Waals surface area contributed by atoms with Crippen molar-refractivity contribution in [2.75, 3.05) is 18.9 Å². The molecule has 0 aromatic heterocycles. The Kier molecular flexibility index (Phi) is 3.76. The lowest BCUT2D eigenvalue weighted by Crippen LogP contribution is -2.31. The van der Waals surface area contributed by atoms with Crippen molar-refractivity contribution in [1.29, 1.82) is 0 Å². The van der Waals surface area contributed by atoms with Crippen molar-refractivity contribution in [2.24, 2.45) is 5.73 Å². The summed E-state index contributed by atoms with van der Waals surface area (Å²) in [6, 6.07) is 8.25. The van der Waals surface area contributed by atoms with Crippen molar-refractivity contribution in [3.05, 3.63) is 29.8 Å². The third-order valence-electron chi connectivity index (χ3n) is 3.07. The highest BCUT2D eigenvalue weighted by molar-refractivity contribution is 5.93. The molecule has 0 spiro atoms. The maximum Gasteiger partial charge on any atom is 0.238 e. The number of benzene rings is 1. The zero-order valence-corrected chi connectivity index (χ0v) is 10.1. The van der Waals surface area contributed by atoms with E-state index >= 15 is 0 Å². The van der Waals surface area contributed by atoms with Crippen molar-refractivity contribution in [3.8, 4) is 0 Å². The molecule has 1 aliphatic rings. The minimum absolute atomic E-state index is 0.0281. The highest BCUT2D eigenvalue weighted by Crippen LogP contribution is 2.25. The molecule has 4 heteroatoms. The number of carbonyl (C=O) groups is 1. The quantitative estimate of drug-likeness (QED) is 0.803. The van der Waals surface area contributed by atoms with Gasteiger partial charge in [-0.25, -0.2) is 0 Å².